The van der Waals surface area contributed by atoms with Gasteiger partial charge in [-0.15, -0.1) is 0 Å². The third-order valence-corrected chi connectivity index (χ3v) is 6.18. The van der Waals surface area contributed by atoms with E-state index in [-0.39, 0.29) is 59.5 Å². The molecule has 1 aromatic heterocycles. The molecule has 0 bridgehead atoms. The first-order valence-corrected chi connectivity index (χ1v) is 13.2. The van der Waals surface area contributed by atoms with Crippen LogP contribution in [0.5, 0.6) is 5.75 Å². The van der Waals surface area contributed by atoms with Gasteiger partial charge in [-0.3, -0.25) is 4.79 Å². The van der Waals surface area contributed by atoms with Gasteiger partial charge in [0.1, 0.15) is 11.6 Å². The number of aromatic nitrogens is 1. The van der Waals surface area contributed by atoms with Crippen LogP contribution in [0.25, 0.3) is 28.1 Å². The molecule has 4 rings (SSSR count). The number of carbonyl (C=O) groups is 2. The van der Waals surface area contributed by atoms with Crippen molar-refractivity contribution in [3.63, 3.8) is 0 Å². The van der Waals surface area contributed by atoms with Crippen molar-refractivity contribution in [1.82, 2.24) is 4.57 Å². The van der Waals surface area contributed by atoms with Gasteiger partial charge in [0.05, 0.1) is 12.2 Å². The minimum Gasteiger partial charge on any atom is -0.550 e. The van der Waals surface area contributed by atoms with Crippen LogP contribution in [0.2, 0.25) is 0 Å². The monoisotopic (exact) mass is 584 g/mol. The Balaban J connectivity index is 0.000000433. The molecule has 3 aromatic carbocycles. The number of para-hydroxylation sites is 1. The number of hydrogen-bond acceptors (Lipinski definition) is 6. The van der Waals surface area contributed by atoms with Gasteiger partial charge in [-0.1, -0.05) is 36.4 Å². The average Bonchev–Trinajstić information content (AvgIpc) is 3.23. The molecule has 42 heavy (non-hydrogen) atoms. The number of carboxylic acid groups (broad SMARTS) is 1. The second kappa shape index (κ2) is 16.2. The fourth-order valence-corrected chi connectivity index (χ4v) is 4.51. The van der Waals surface area contributed by atoms with Crippen molar-refractivity contribution in [2.45, 2.75) is 51.9 Å². The van der Waals surface area contributed by atoms with Crippen LogP contribution in [0.15, 0.2) is 78.9 Å². The maximum Gasteiger partial charge on any atom is 1.00 e. The number of phenols is 1. The summed E-state index contributed by atoms with van der Waals surface area (Å²) in [6.45, 7) is 5.55. The fourth-order valence-electron chi connectivity index (χ4n) is 4.51. The van der Waals surface area contributed by atoms with Crippen LogP contribution in [0, 0.1) is 5.82 Å². The number of halogens is 1. The molecule has 1 heterocycles. The predicted molar refractivity (Wildman–Crippen MR) is 155 cm³/mol. The largest absolute Gasteiger partial charge is 1.00 e. The molecule has 0 saturated heterocycles. The third kappa shape index (κ3) is 9.82. The number of rotatable bonds is 9. The molecule has 1 amide bonds. The zero-order valence-electron chi connectivity index (χ0n) is 24.1. The van der Waals surface area contributed by atoms with E-state index in [1.165, 1.54) is 31.2 Å². The van der Waals surface area contributed by atoms with Gasteiger partial charge in [-0.2, -0.15) is 0 Å². The van der Waals surface area contributed by atoms with Crippen LogP contribution >= 0.6 is 0 Å². The smallest absolute Gasteiger partial charge is 0.550 e. The van der Waals surface area contributed by atoms with Crippen molar-refractivity contribution in [3.8, 4) is 16.9 Å². The Labute approximate surface area is 266 Å². The van der Waals surface area contributed by atoms with Crippen molar-refractivity contribution in [2.75, 3.05) is 5.32 Å². The summed E-state index contributed by atoms with van der Waals surface area (Å²) >= 11 is 0. The molecule has 0 saturated carbocycles. The number of aliphatic hydroxyl groups is 2. The quantitative estimate of drug-likeness (QED) is 0.175. The number of carbonyl (C=O) groups excluding carboxylic acids is 2. The van der Waals surface area contributed by atoms with Gasteiger partial charge in [-0.25, -0.2) is 4.39 Å². The van der Waals surface area contributed by atoms with Gasteiger partial charge >= 0.3 is 29.6 Å². The number of carboxylic acids is 1. The van der Waals surface area contributed by atoms with E-state index in [1.807, 2.05) is 24.3 Å². The average molecular weight is 585 g/mol. The number of anilines is 1. The molecular formula is C32H34FN2NaO6. The summed E-state index contributed by atoms with van der Waals surface area (Å²) in [6, 6.07) is 20.6. The fraction of sp³-hybridized carbons (Fsp3) is 0.250. The molecule has 4 N–H and O–H groups in total. The number of aliphatic hydroxyl groups excluding tert-OH is 2. The van der Waals surface area contributed by atoms with E-state index in [4.69, 9.17) is 5.11 Å². The van der Waals surface area contributed by atoms with E-state index < -0.39 is 24.6 Å². The summed E-state index contributed by atoms with van der Waals surface area (Å²) in [4.78, 5) is 21.1. The molecule has 4 aromatic rings. The molecular weight excluding hydrogens is 550 g/mol. The number of aliphatic carboxylic acids is 1. The van der Waals surface area contributed by atoms with Gasteiger partial charge < -0.3 is 35.1 Å². The second-order valence-electron chi connectivity index (χ2n) is 9.87. The van der Waals surface area contributed by atoms with E-state index >= 15 is 0 Å². The van der Waals surface area contributed by atoms with Gasteiger partial charge in [-0.05, 0) is 68.0 Å². The Morgan fingerprint density at radius 1 is 1.00 bits per heavy atom. The second-order valence-corrected chi connectivity index (χ2v) is 9.87. The summed E-state index contributed by atoms with van der Waals surface area (Å²) in [5, 5.41) is 43.1. The summed E-state index contributed by atoms with van der Waals surface area (Å²) in [5.74, 6) is -1.60. The number of phenolic OH excluding ortho intramolecular Hbond substituents is 1. The molecule has 0 fully saturated rings. The number of fused-ring (bicyclic) bond motifs is 1. The molecule has 216 valence electrons. The van der Waals surface area contributed by atoms with Gasteiger partial charge in [0.2, 0.25) is 5.91 Å². The number of nitrogens with zero attached hydrogens (tertiary/aromatic N) is 1. The van der Waals surface area contributed by atoms with E-state index in [1.54, 1.807) is 36.4 Å². The van der Waals surface area contributed by atoms with Crippen LogP contribution in [0.1, 0.15) is 45.3 Å². The molecule has 8 nitrogen and oxygen atoms in total. The zero-order valence-corrected chi connectivity index (χ0v) is 26.1. The molecule has 0 unspecified atom stereocenters. The predicted octanol–water partition coefficient (Wildman–Crippen LogP) is 1.65. The SMILES string of the molecule is CC(=O)Nc1ccc(O)cc1.CC(C)n1c(/C=C/[C@@H](O)C[C@@H](O)CC(=O)[O-])c(-c2ccc(F)cc2)c2ccccc21.[Na+]. The van der Waals surface area contributed by atoms with Gasteiger partial charge in [0, 0.05) is 59.6 Å². The maximum atomic E-state index is 13.5. The van der Waals surface area contributed by atoms with Crippen molar-refractivity contribution in [3.05, 3.63) is 90.4 Å². The molecule has 2 atom stereocenters. The zero-order chi connectivity index (χ0) is 30.1. The first-order valence-electron chi connectivity index (χ1n) is 13.2. The van der Waals surface area contributed by atoms with Gasteiger partial charge in [0.15, 0.2) is 0 Å². The Kier molecular flexibility index (Phi) is 13.4. The molecule has 0 aliphatic carbocycles. The van der Waals surface area contributed by atoms with Crippen LogP contribution in [-0.2, 0) is 9.59 Å². The normalized spacial score (nSPS) is 12.4. The summed E-state index contributed by atoms with van der Waals surface area (Å²) in [6.07, 6.45) is 0.450. The van der Waals surface area contributed by atoms with E-state index in [9.17, 15) is 29.3 Å². The number of nitrogens with one attached hydrogen (secondary N) is 1. The number of amides is 1. The third-order valence-electron chi connectivity index (χ3n) is 6.18. The summed E-state index contributed by atoms with van der Waals surface area (Å²) in [5.41, 5.74) is 4.30. The van der Waals surface area contributed by atoms with Gasteiger partial charge in [0.25, 0.3) is 0 Å². The number of aromatic hydroxyl groups is 1. The van der Waals surface area contributed by atoms with E-state index in [2.05, 4.69) is 23.7 Å². The Hall–Kier alpha value is -3.47. The van der Waals surface area contributed by atoms with Crippen LogP contribution in [0.4, 0.5) is 10.1 Å². The van der Waals surface area contributed by atoms with E-state index in [0.29, 0.717) is 5.69 Å². The standard InChI is InChI=1S/C24H26FNO4.C8H9NO2.Na/c1-15(2)26-21-6-4-3-5-20(21)24(16-7-9-17(25)10-8-16)22(26)12-11-18(27)13-19(28)14-23(29)30;1-6(10)9-7-2-4-8(11)5-3-7;/h3-12,15,18-19,27-28H,13-14H2,1-2H3,(H,29,30);2-5,11H,1H3,(H,9,10);/q;;+1/p-1/b12-11+;;/t18-,19-;;/m1../s1. The Morgan fingerprint density at radius 2 is 1.62 bits per heavy atom. The van der Waals surface area contributed by atoms with Crippen molar-refractivity contribution in [1.29, 1.82) is 0 Å². The number of hydrogen-bond donors (Lipinski definition) is 4. The molecule has 10 heteroatoms. The summed E-state index contributed by atoms with van der Waals surface area (Å²) < 4.78 is 15.6. The molecule has 0 radical (unpaired) electrons. The van der Waals surface area contributed by atoms with Crippen molar-refractivity contribution in [2.24, 2.45) is 0 Å². The molecule has 0 aliphatic heterocycles. The van der Waals surface area contributed by atoms with Crippen LogP contribution in [-0.4, -0.2) is 44.0 Å². The summed E-state index contributed by atoms with van der Waals surface area (Å²) in [7, 11) is 0. The topological polar surface area (TPSA) is 135 Å². The molecule has 0 aliphatic rings. The van der Waals surface area contributed by atoms with Crippen molar-refractivity contribution >= 4 is 34.5 Å². The first kappa shape index (κ1) is 34.7. The Morgan fingerprint density at radius 3 is 2.19 bits per heavy atom. The van der Waals surface area contributed by atoms with E-state index in [0.717, 1.165) is 27.7 Å². The van der Waals surface area contributed by atoms with Crippen LogP contribution < -0.4 is 40.0 Å². The maximum absolute atomic E-state index is 13.5. The first-order chi connectivity index (χ1) is 19.5. The Bertz CT molecular complexity index is 1500. The van der Waals surface area contributed by atoms with Crippen LogP contribution in [0.3, 0.4) is 0 Å². The minimum atomic E-state index is -1.36. The van der Waals surface area contributed by atoms with Crippen molar-refractivity contribution < 1.29 is 64.0 Å². The number of benzene rings is 3. The minimum absolute atomic E-state index is 0. The molecule has 0 spiro atoms.